The van der Waals surface area contributed by atoms with Crippen LogP contribution in [0.2, 0.25) is 0 Å². The minimum atomic E-state index is -0.968. The van der Waals surface area contributed by atoms with Gasteiger partial charge in [0.25, 0.3) is 0 Å². The number of carboxylic acid groups (broad SMARTS) is 1. The summed E-state index contributed by atoms with van der Waals surface area (Å²) in [5.41, 5.74) is 3.29. The van der Waals surface area contributed by atoms with Crippen molar-refractivity contribution in [3.63, 3.8) is 0 Å². The van der Waals surface area contributed by atoms with Gasteiger partial charge < -0.3 is 10.1 Å². The van der Waals surface area contributed by atoms with Crippen LogP contribution in [-0.4, -0.2) is 21.0 Å². The third kappa shape index (κ3) is 1.23. The number of pyridine rings is 1. The fourth-order valence-electron chi connectivity index (χ4n) is 2.49. The number of hydrogen-bond acceptors (Lipinski definition) is 2. The second-order valence-electron chi connectivity index (χ2n) is 4.18. The van der Waals surface area contributed by atoms with Crippen molar-refractivity contribution in [3.8, 4) is 0 Å². The van der Waals surface area contributed by atoms with E-state index in [1.54, 1.807) is 6.20 Å². The average Bonchev–Trinajstić information content (AvgIpc) is 2.67. The maximum absolute atomic E-state index is 11.0. The summed E-state index contributed by atoms with van der Waals surface area (Å²) in [6.07, 6.45) is 6.00. The molecular weight excluding hydrogens is 204 g/mol. The van der Waals surface area contributed by atoms with Crippen molar-refractivity contribution in [2.45, 2.75) is 25.7 Å². The Hall–Kier alpha value is -1.84. The molecule has 0 radical (unpaired) electrons. The lowest BCUT2D eigenvalue weighted by atomic mass is 9.96. The van der Waals surface area contributed by atoms with Crippen molar-refractivity contribution < 1.29 is 9.90 Å². The second-order valence-corrected chi connectivity index (χ2v) is 4.18. The molecule has 1 aliphatic rings. The number of rotatable bonds is 1. The molecular formula is C12H12N2O2. The summed E-state index contributed by atoms with van der Waals surface area (Å²) >= 11 is 0. The van der Waals surface area contributed by atoms with E-state index in [4.69, 9.17) is 5.11 Å². The Morgan fingerprint density at radius 3 is 3.00 bits per heavy atom. The van der Waals surface area contributed by atoms with E-state index in [0.717, 1.165) is 18.2 Å². The Morgan fingerprint density at radius 2 is 2.19 bits per heavy atom. The summed E-state index contributed by atoms with van der Waals surface area (Å²) in [6, 6.07) is 1.91. The Morgan fingerprint density at radius 1 is 1.38 bits per heavy atom. The second kappa shape index (κ2) is 3.33. The molecule has 2 heterocycles. The summed E-state index contributed by atoms with van der Waals surface area (Å²) in [5.74, 6) is -0.968. The molecule has 0 unspecified atom stereocenters. The number of aromatic nitrogens is 2. The van der Waals surface area contributed by atoms with Crippen molar-refractivity contribution in [2.75, 3.05) is 0 Å². The quantitative estimate of drug-likeness (QED) is 0.767. The summed E-state index contributed by atoms with van der Waals surface area (Å²) in [6.45, 7) is 0. The minimum Gasteiger partial charge on any atom is -0.476 e. The Balaban J connectivity index is 2.33. The van der Waals surface area contributed by atoms with Crippen LogP contribution in [0.5, 0.6) is 0 Å². The third-order valence-electron chi connectivity index (χ3n) is 3.22. The van der Waals surface area contributed by atoms with Crippen LogP contribution in [0.15, 0.2) is 12.3 Å². The Kier molecular flexibility index (Phi) is 1.96. The molecule has 1 aliphatic carbocycles. The fourth-order valence-corrected chi connectivity index (χ4v) is 2.49. The highest BCUT2D eigenvalue weighted by molar-refractivity contribution is 6.01. The normalized spacial score (nSPS) is 15.0. The zero-order chi connectivity index (χ0) is 11.1. The number of nitrogens with one attached hydrogen (secondary N) is 1. The smallest absolute Gasteiger partial charge is 0.356 e. The summed E-state index contributed by atoms with van der Waals surface area (Å²) in [5, 5.41) is 10.1. The molecule has 16 heavy (non-hydrogen) atoms. The molecule has 0 spiro atoms. The lowest BCUT2D eigenvalue weighted by Crippen LogP contribution is -2.00. The van der Waals surface area contributed by atoms with Crippen LogP contribution >= 0.6 is 0 Å². The van der Waals surface area contributed by atoms with E-state index in [0.29, 0.717) is 5.52 Å². The molecule has 0 aliphatic heterocycles. The van der Waals surface area contributed by atoms with Gasteiger partial charge in [-0.3, -0.25) is 0 Å². The van der Waals surface area contributed by atoms with Crippen molar-refractivity contribution in [2.24, 2.45) is 0 Å². The topological polar surface area (TPSA) is 66.0 Å². The fraction of sp³-hybridized carbons (Fsp3) is 0.333. The number of hydrogen-bond donors (Lipinski definition) is 2. The van der Waals surface area contributed by atoms with Crippen molar-refractivity contribution in [1.82, 2.24) is 9.97 Å². The molecule has 0 fully saturated rings. The number of aromatic carboxylic acids is 1. The number of fused-ring (bicyclic) bond motifs is 3. The number of H-pyrrole nitrogens is 1. The van der Waals surface area contributed by atoms with E-state index in [-0.39, 0.29) is 5.69 Å². The van der Waals surface area contributed by atoms with Crippen LogP contribution in [0.3, 0.4) is 0 Å². The molecule has 0 bridgehead atoms. The van der Waals surface area contributed by atoms with Gasteiger partial charge >= 0.3 is 5.97 Å². The van der Waals surface area contributed by atoms with Crippen LogP contribution in [0.4, 0.5) is 0 Å². The molecule has 3 rings (SSSR count). The number of aryl methyl sites for hydroxylation is 2. The van der Waals surface area contributed by atoms with Gasteiger partial charge in [-0.15, -0.1) is 0 Å². The van der Waals surface area contributed by atoms with Crippen LogP contribution in [0.25, 0.3) is 10.9 Å². The number of carbonyl (C=O) groups is 1. The molecule has 2 aromatic heterocycles. The van der Waals surface area contributed by atoms with Gasteiger partial charge in [-0.25, -0.2) is 9.78 Å². The predicted molar refractivity (Wildman–Crippen MR) is 59.7 cm³/mol. The lowest BCUT2D eigenvalue weighted by molar-refractivity contribution is 0.0692. The van der Waals surface area contributed by atoms with E-state index < -0.39 is 5.97 Å². The van der Waals surface area contributed by atoms with E-state index in [2.05, 4.69) is 9.97 Å². The van der Waals surface area contributed by atoms with Gasteiger partial charge in [-0.05, 0) is 37.3 Å². The van der Waals surface area contributed by atoms with E-state index in [1.165, 1.54) is 24.1 Å². The average molecular weight is 216 g/mol. The maximum atomic E-state index is 11.0. The van der Waals surface area contributed by atoms with E-state index in [9.17, 15) is 4.79 Å². The standard InChI is InChI=1S/C12H12N2O2/c15-12(16)11-10-8(5-6-13-11)7-3-1-2-4-9(7)14-10/h5-6,14H,1-4H2,(H,15,16). The molecule has 0 amide bonds. The highest BCUT2D eigenvalue weighted by atomic mass is 16.4. The van der Waals surface area contributed by atoms with Gasteiger partial charge in [0.1, 0.15) is 0 Å². The van der Waals surface area contributed by atoms with Crippen LogP contribution in [-0.2, 0) is 12.8 Å². The zero-order valence-electron chi connectivity index (χ0n) is 8.79. The Bertz CT molecular complexity index is 572. The molecule has 4 nitrogen and oxygen atoms in total. The zero-order valence-corrected chi connectivity index (χ0v) is 8.79. The summed E-state index contributed by atoms with van der Waals surface area (Å²) in [7, 11) is 0. The third-order valence-corrected chi connectivity index (χ3v) is 3.22. The number of nitrogens with zero attached hydrogens (tertiary/aromatic N) is 1. The van der Waals surface area contributed by atoms with Gasteiger partial charge in [0.15, 0.2) is 5.69 Å². The Labute approximate surface area is 92.3 Å². The van der Waals surface area contributed by atoms with Crippen molar-refractivity contribution in [3.05, 3.63) is 29.2 Å². The highest BCUT2D eigenvalue weighted by Crippen LogP contribution is 2.29. The first-order chi connectivity index (χ1) is 7.77. The largest absolute Gasteiger partial charge is 0.476 e. The van der Waals surface area contributed by atoms with Gasteiger partial charge in [-0.2, -0.15) is 0 Å². The summed E-state index contributed by atoms with van der Waals surface area (Å²) < 4.78 is 0. The van der Waals surface area contributed by atoms with Gasteiger partial charge in [-0.1, -0.05) is 0 Å². The molecule has 2 aromatic rings. The lowest BCUT2D eigenvalue weighted by Gasteiger charge is -2.10. The molecule has 82 valence electrons. The molecule has 0 saturated carbocycles. The molecule has 2 N–H and O–H groups in total. The minimum absolute atomic E-state index is 0.131. The monoisotopic (exact) mass is 216 g/mol. The van der Waals surface area contributed by atoms with Gasteiger partial charge in [0.05, 0.1) is 5.52 Å². The van der Waals surface area contributed by atoms with E-state index >= 15 is 0 Å². The molecule has 0 atom stereocenters. The SMILES string of the molecule is O=C(O)c1nccc2c3c([nH]c12)CCCC3. The van der Waals surface area contributed by atoms with Gasteiger partial charge in [0.2, 0.25) is 0 Å². The first-order valence-electron chi connectivity index (χ1n) is 5.49. The predicted octanol–water partition coefficient (Wildman–Crippen LogP) is 2.14. The highest BCUT2D eigenvalue weighted by Gasteiger charge is 2.19. The van der Waals surface area contributed by atoms with Crippen LogP contribution < -0.4 is 0 Å². The van der Waals surface area contributed by atoms with Crippen molar-refractivity contribution >= 4 is 16.9 Å². The van der Waals surface area contributed by atoms with Crippen LogP contribution in [0.1, 0.15) is 34.6 Å². The molecule has 0 saturated heterocycles. The molecule has 0 aromatic carbocycles. The van der Waals surface area contributed by atoms with E-state index in [1.807, 2.05) is 6.07 Å². The van der Waals surface area contributed by atoms with Crippen LogP contribution in [0, 0.1) is 0 Å². The van der Waals surface area contributed by atoms with Crippen molar-refractivity contribution in [1.29, 1.82) is 0 Å². The maximum Gasteiger partial charge on any atom is 0.356 e. The molecule has 4 heteroatoms. The number of aromatic amines is 1. The summed E-state index contributed by atoms with van der Waals surface area (Å²) in [4.78, 5) is 18.2. The van der Waals surface area contributed by atoms with Gasteiger partial charge in [0, 0.05) is 17.3 Å². The first-order valence-corrected chi connectivity index (χ1v) is 5.49. The number of carboxylic acids is 1. The first kappa shape index (κ1) is 9.39.